The van der Waals surface area contributed by atoms with Crippen LogP contribution in [0.15, 0.2) is 24.3 Å². The molecule has 0 saturated carbocycles. The Labute approximate surface area is 109 Å². The Morgan fingerprint density at radius 3 is 2.39 bits per heavy atom. The van der Waals surface area contributed by atoms with Crippen molar-refractivity contribution in [1.82, 2.24) is 5.32 Å². The number of hydrogen-bond acceptors (Lipinski definition) is 3. The lowest BCUT2D eigenvalue weighted by Gasteiger charge is -2.20. The van der Waals surface area contributed by atoms with E-state index in [1.54, 1.807) is 12.1 Å². The topological polar surface area (TPSA) is 49.3 Å². The first-order valence-corrected chi connectivity index (χ1v) is 6.63. The van der Waals surface area contributed by atoms with E-state index in [9.17, 15) is 9.90 Å². The molecule has 0 saturated heterocycles. The molecule has 3 nitrogen and oxygen atoms in total. The summed E-state index contributed by atoms with van der Waals surface area (Å²) in [5, 5.41) is 12.5. The van der Waals surface area contributed by atoms with Gasteiger partial charge in [-0.2, -0.15) is 0 Å². The third-order valence-corrected chi connectivity index (χ3v) is 3.27. The lowest BCUT2D eigenvalue weighted by molar-refractivity contribution is -0.124. The van der Waals surface area contributed by atoms with Crippen LogP contribution in [0.2, 0.25) is 0 Å². The summed E-state index contributed by atoms with van der Waals surface area (Å²) >= 11 is 0. The van der Waals surface area contributed by atoms with Crippen LogP contribution >= 0.6 is 0 Å². The van der Waals surface area contributed by atoms with Crippen molar-refractivity contribution < 1.29 is 9.90 Å². The number of hydrogen-bond donors (Lipinski definition) is 2. The predicted octanol–water partition coefficient (Wildman–Crippen LogP) is 2.53. The molecule has 3 heteroatoms. The van der Waals surface area contributed by atoms with Crippen LogP contribution in [0.3, 0.4) is 0 Å². The van der Waals surface area contributed by atoms with Crippen molar-refractivity contribution in [3.63, 3.8) is 0 Å². The summed E-state index contributed by atoms with van der Waals surface area (Å²) in [6.07, 6.45) is 1.55. The van der Waals surface area contributed by atoms with E-state index in [0.29, 0.717) is 6.42 Å². The highest BCUT2D eigenvalue weighted by molar-refractivity contribution is 5.86. The molecule has 100 valence electrons. The summed E-state index contributed by atoms with van der Waals surface area (Å²) in [5.74, 6) is 0.616. The SMILES string of the molecule is CCNC(Cc1ccc(O)cc1)C(=O)C(C)CC. The van der Waals surface area contributed by atoms with Gasteiger partial charge in [-0.3, -0.25) is 4.79 Å². The number of phenolic OH excluding ortho intramolecular Hbond substituents is 1. The smallest absolute Gasteiger partial charge is 0.152 e. The maximum Gasteiger partial charge on any atom is 0.152 e. The molecule has 2 N–H and O–H groups in total. The van der Waals surface area contributed by atoms with Gasteiger partial charge in [0.25, 0.3) is 0 Å². The molecule has 1 rings (SSSR count). The predicted molar refractivity (Wildman–Crippen MR) is 73.7 cm³/mol. The quantitative estimate of drug-likeness (QED) is 0.780. The normalized spacial score (nSPS) is 14.2. The van der Waals surface area contributed by atoms with Crippen LogP contribution in [-0.4, -0.2) is 23.5 Å². The van der Waals surface area contributed by atoms with Crippen molar-refractivity contribution in [1.29, 1.82) is 0 Å². The number of likely N-dealkylation sites (N-methyl/N-ethyl adjacent to an activating group) is 1. The van der Waals surface area contributed by atoms with E-state index in [0.717, 1.165) is 18.5 Å². The second-order valence-corrected chi connectivity index (χ2v) is 4.69. The molecule has 0 fully saturated rings. The number of carbonyl (C=O) groups is 1. The monoisotopic (exact) mass is 249 g/mol. The fraction of sp³-hybridized carbons (Fsp3) is 0.533. The Morgan fingerprint density at radius 1 is 1.28 bits per heavy atom. The van der Waals surface area contributed by atoms with Gasteiger partial charge in [0.2, 0.25) is 0 Å². The number of ketones is 1. The van der Waals surface area contributed by atoms with Gasteiger partial charge in [0.1, 0.15) is 5.75 Å². The van der Waals surface area contributed by atoms with Crippen LogP contribution in [0, 0.1) is 5.92 Å². The molecule has 18 heavy (non-hydrogen) atoms. The van der Waals surface area contributed by atoms with Gasteiger partial charge < -0.3 is 10.4 Å². The molecule has 1 aromatic carbocycles. The molecule has 0 amide bonds. The third-order valence-electron chi connectivity index (χ3n) is 3.27. The number of benzene rings is 1. The van der Waals surface area contributed by atoms with E-state index < -0.39 is 0 Å². The van der Waals surface area contributed by atoms with Gasteiger partial charge in [0.15, 0.2) is 5.78 Å². The van der Waals surface area contributed by atoms with Gasteiger partial charge in [-0.25, -0.2) is 0 Å². The van der Waals surface area contributed by atoms with Gasteiger partial charge in [-0.05, 0) is 37.1 Å². The first-order chi connectivity index (χ1) is 8.58. The number of nitrogens with one attached hydrogen (secondary N) is 1. The van der Waals surface area contributed by atoms with Crippen LogP contribution in [0.25, 0.3) is 0 Å². The van der Waals surface area contributed by atoms with Gasteiger partial charge in [0.05, 0.1) is 6.04 Å². The Balaban J connectivity index is 2.73. The van der Waals surface area contributed by atoms with E-state index in [4.69, 9.17) is 0 Å². The highest BCUT2D eigenvalue weighted by Crippen LogP contribution is 2.14. The summed E-state index contributed by atoms with van der Waals surface area (Å²) < 4.78 is 0. The number of carbonyl (C=O) groups excluding carboxylic acids is 1. The summed E-state index contributed by atoms with van der Waals surface area (Å²) in [6, 6.07) is 6.92. The molecule has 1 aromatic rings. The average molecular weight is 249 g/mol. The maximum atomic E-state index is 12.2. The first-order valence-electron chi connectivity index (χ1n) is 6.63. The Morgan fingerprint density at radius 2 is 1.89 bits per heavy atom. The van der Waals surface area contributed by atoms with Gasteiger partial charge >= 0.3 is 0 Å². The minimum absolute atomic E-state index is 0.0890. The molecule has 0 heterocycles. The molecule has 0 aliphatic rings. The minimum atomic E-state index is -0.130. The van der Waals surface area contributed by atoms with Crippen molar-refractivity contribution in [3.05, 3.63) is 29.8 Å². The van der Waals surface area contributed by atoms with E-state index >= 15 is 0 Å². The number of Topliss-reactive ketones (excluding diaryl/α,β-unsaturated/α-hetero) is 1. The van der Waals surface area contributed by atoms with Gasteiger partial charge in [0, 0.05) is 5.92 Å². The van der Waals surface area contributed by atoms with Gasteiger partial charge in [-0.15, -0.1) is 0 Å². The zero-order valence-corrected chi connectivity index (χ0v) is 11.4. The van der Waals surface area contributed by atoms with Crippen LogP contribution < -0.4 is 5.32 Å². The molecular weight excluding hydrogens is 226 g/mol. The van der Waals surface area contributed by atoms with Crippen LogP contribution in [-0.2, 0) is 11.2 Å². The standard InChI is InChI=1S/C15H23NO2/c1-4-11(3)15(18)14(16-5-2)10-12-6-8-13(17)9-7-12/h6-9,11,14,16-17H,4-5,10H2,1-3H3. The van der Waals surface area contributed by atoms with Crippen molar-refractivity contribution in [2.24, 2.45) is 5.92 Å². The Kier molecular flexibility index (Phi) is 5.86. The van der Waals surface area contributed by atoms with Crippen molar-refractivity contribution >= 4 is 5.78 Å². The highest BCUT2D eigenvalue weighted by atomic mass is 16.3. The lowest BCUT2D eigenvalue weighted by atomic mass is 9.93. The Bertz CT molecular complexity index is 373. The van der Waals surface area contributed by atoms with Crippen molar-refractivity contribution in [2.75, 3.05) is 6.54 Å². The van der Waals surface area contributed by atoms with E-state index in [1.807, 2.05) is 32.9 Å². The van der Waals surface area contributed by atoms with Gasteiger partial charge in [-0.1, -0.05) is 32.9 Å². The number of phenols is 1. The van der Waals surface area contributed by atoms with Crippen molar-refractivity contribution in [2.45, 2.75) is 39.7 Å². The second kappa shape index (κ2) is 7.17. The van der Waals surface area contributed by atoms with E-state index in [-0.39, 0.29) is 23.5 Å². The molecule has 0 bridgehead atoms. The molecule has 0 radical (unpaired) electrons. The summed E-state index contributed by atoms with van der Waals surface area (Å²) in [7, 11) is 0. The fourth-order valence-electron chi connectivity index (χ4n) is 1.93. The summed E-state index contributed by atoms with van der Waals surface area (Å²) in [5.41, 5.74) is 1.07. The highest BCUT2D eigenvalue weighted by Gasteiger charge is 2.22. The molecule has 0 aromatic heterocycles. The largest absolute Gasteiger partial charge is 0.508 e. The molecule has 0 spiro atoms. The summed E-state index contributed by atoms with van der Waals surface area (Å²) in [6.45, 7) is 6.80. The van der Waals surface area contributed by atoms with Crippen LogP contribution in [0.4, 0.5) is 0 Å². The molecular formula is C15H23NO2. The van der Waals surface area contributed by atoms with E-state index in [1.165, 1.54) is 0 Å². The number of rotatable bonds is 7. The zero-order chi connectivity index (χ0) is 13.5. The number of aromatic hydroxyl groups is 1. The van der Waals surface area contributed by atoms with Crippen LogP contribution in [0.5, 0.6) is 5.75 Å². The maximum absolute atomic E-state index is 12.2. The molecule has 0 aliphatic heterocycles. The third kappa shape index (κ3) is 4.15. The molecule has 0 aliphatic carbocycles. The van der Waals surface area contributed by atoms with E-state index in [2.05, 4.69) is 5.32 Å². The minimum Gasteiger partial charge on any atom is -0.508 e. The average Bonchev–Trinajstić information content (AvgIpc) is 2.39. The first kappa shape index (κ1) is 14.7. The van der Waals surface area contributed by atoms with Crippen molar-refractivity contribution in [3.8, 4) is 5.75 Å². The van der Waals surface area contributed by atoms with Crippen LogP contribution in [0.1, 0.15) is 32.8 Å². The lowest BCUT2D eigenvalue weighted by Crippen LogP contribution is -2.41. The second-order valence-electron chi connectivity index (χ2n) is 4.69. The molecule has 2 atom stereocenters. The summed E-state index contributed by atoms with van der Waals surface area (Å²) in [4.78, 5) is 12.2. The Hall–Kier alpha value is -1.35. The fourth-order valence-corrected chi connectivity index (χ4v) is 1.93. The zero-order valence-electron chi connectivity index (χ0n) is 11.4. The molecule has 2 unspecified atom stereocenters.